The number of hydrogen-bond acceptors (Lipinski definition) is 5. The summed E-state index contributed by atoms with van der Waals surface area (Å²) in [6, 6.07) is 14.6. The Balaban J connectivity index is 1.86. The molecule has 1 amide bonds. The van der Waals surface area contributed by atoms with Crippen molar-refractivity contribution in [3.63, 3.8) is 0 Å². The summed E-state index contributed by atoms with van der Waals surface area (Å²) < 4.78 is 0. The van der Waals surface area contributed by atoms with E-state index in [0.717, 1.165) is 11.9 Å². The quantitative estimate of drug-likeness (QED) is 0.542. The highest BCUT2D eigenvalue weighted by atomic mass is 35.5. The molecule has 2 aromatic carbocycles. The normalized spacial score (nSPS) is 12.1. The van der Waals surface area contributed by atoms with Crippen LogP contribution in [0, 0.1) is 0 Å². The number of nitrogens with zero attached hydrogens (tertiary/aromatic N) is 1. The van der Waals surface area contributed by atoms with Crippen LogP contribution in [0.3, 0.4) is 0 Å². The Morgan fingerprint density at radius 2 is 1.84 bits per heavy atom. The smallest absolute Gasteiger partial charge is 0.251 e. The van der Waals surface area contributed by atoms with E-state index in [0.29, 0.717) is 27.4 Å². The summed E-state index contributed by atoms with van der Waals surface area (Å²) in [4.78, 5) is 42.7. The maximum absolute atomic E-state index is 13.0. The minimum Gasteiger partial charge on any atom is -0.341 e. The molecule has 8 heteroatoms. The van der Waals surface area contributed by atoms with Gasteiger partial charge in [-0.1, -0.05) is 41.6 Å². The molecule has 0 saturated carbocycles. The maximum Gasteiger partial charge on any atom is 0.251 e. The maximum atomic E-state index is 13.0. The van der Waals surface area contributed by atoms with E-state index in [-0.39, 0.29) is 23.0 Å². The first-order valence-corrected chi connectivity index (χ1v) is 11.2. The minimum atomic E-state index is -0.777. The molecule has 1 heterocycles. The lowest BCUT2D eigenvalue weighted by Crippen LogP contribution is -2.41. The Labute approximate surface area is 190 Å². The SMILES string of the molecule is CN(C)CCSC(=O)C(Cc1cc(=O)[nH]c2ccccc12)NC(=O)c1ccc(Cl)cc1. The summed E-state index contributed by atoms with van der Waals surface area (Å²) in [5, 5.41) is 4.07. The Hall–Kier alpha value is -2.61. The first-order chi connectivity index (χ1) is 14.8. The van der Waals surface area contributed by atoms with Crippen LogP contribution in [0.5, 0.6) is 0 Å². The topological polar surface area (TPSA) is 82.3 Å². The molecule has 0 radical (unpaired) electrons. The van der Waals surface area contributed by atoms with E-state index >= 15 is 0 Å². The van der Waals surface area contributed by atoms with Gasteiger partial charge < -0.3 is 15.2 Å². The third-order valence-corrected chi connectivity index (χ3v) is 5.95. The molecule has 0 saturated heterocycles. The van der Waals surface area contributed by atoms with Crippen molar-refractivity contribution in [2.24, 2.45) is 0 Å². The predicted octanol–water partition coefficient (Wildman–Crippen LogP) is 3.34. The number of carbonyl (C=O) groups is 2. The molecule has 1 unspecified atom stereocenters. The van der Waals surface area contributed by atoms with E-state index in [4.69, 9.17) is 11.6 Å². The molecule has 3 rings (SSSR count). The fourth-order valence-electron chi connectivity index (χ4n) is 3.13. The molecule has 1 aromatic heterocycles. The number of para-hydroxylation sites is 1. The Bertz CT molecular complexity index is 1130. The zero-order valence-electron chi connectivity index (χ0n) is 17.4. The molecule has 162 valence electrons. The van der Waals surface area contributed by atoms with Gasteiger partial charge in [0.25, 0.3) is 5.91 Å². The van der Waals surface area contributed by atoms with Gasteiger partial charge in [-0.15, -0.1) is 0 Å². The largest absolute Gasteiger partial charge is 0.341 e. The molecular weight excluding hydrogens is 434 g/mol. The van der Waals surface area contributed by atoms with Gasteiger partial charge in [0.05, 0.1) is 0 Å². The van der Waals surface area contributed by atoms with Crippen molar-refractivity contribution in [1.82, 2.24) is 15.2 Å². The minimum absolute atomic E-state index is 0.145. The number of amides is 1. The highest BCUT2D eigenvalue weighted by Crippen LogP contribution is 2.19. The Morgan fingerprint density at radius 3 is 2.55 bits per heavy atom. The molecule has 6 nitrogen and oxygen atoms in total. The van der Waals surface area contributed by atoms with Crippen LogP contribution in [0.1, 0.15) is 15.9 Å². The highest BCUT2D eigenvalue weighted by Gasteiger charge is 2.23. The van der Waals surface area contributed by atoms with Crippen LogP contribution >= 0.6 is 23.4 Å². The molecule has 2 N–H and O–H groups in total. The summed E-state index contributed by atoms with van der Waals surface area (Å²) in [5.41, 5.74) is 1.57. The fraction of sp³-hybridized carbons (Fsp3) is 0.261. The number of pyridine rings is 1. The van der Waals surface area contributed by atoms with Gasteiger partial charge in [0, 0.05) is 46.3 Å². The van der Waals surface area contributed by atoms with Crippen molar-refractivity contribution >= 4 is 45.3 Å². The molecular formula is C23H24ClN3O3S. The lowest BCUT2D eigenvalue weighted by Gasteiger charge is -2.19. The molecule has 0 aliphatic rings. The van der Waals surface area contributed by atoms with Gasteiger partial charge >= 0.3 is 0 Å². The number of fused-ring (bicyclic) bond motifs is 1. The van der Waals surface area contributed by atoms with Crippen molar-refractivity contribution in [3.8, 4) is 0 Å². The van der Waals surface area contributed by atoms with E-state index in [2.05, 4.69) is 10.3 Å². The van der Waals surface area contributed by atoms with Crippen LogP contribution in [0.25, 0.3) is 10.9 Å². The number of hydrogen-bond donors (Lipinski definition) is 2. The average Bonchev–Trinajstić information content (AvgIpc) is 2.73. The van der Waals surface area contributed by atoms with Gasteiger partial charge in [0.15, 0.2) is 0 Å². The van der Waals surface area contributed by atoms with Gasteiger partial charge in [0.1, 0.15) is 6.04 Å². The van der Waals surface area contributed by atoms with Crippen LogP contribution in [0.4, 0.5) is 0 Å². The van der Waals surface area contributed by atoms with Gasteiger partial charge in [-0.3, -0.25) is 14.4 Å². The number of H-pyrrole nitrogens is 1. The Morgan fingerprint density at radius 1 is 1.13 bits per heavy atom. The zero-order chi connectivity index (χ0) is 22.4. The monoisotopic (exact) mass is 457 g/mol. The van der Waals surface area contributed by atoms with Crippen molar-refractivity contribution in [3.05, 3.63) is 81.1 Å². The van der Waals surface area contributed by atoms with Gasteiger partial charge in [-0.25, -0.2) is 0 Å². The lowest BCUT2D eigenvalue weighted by molar-refractivity contribution is -0.112. The first-order valence-electron chi connectivity index (χ1n) is 9.82. The third kappa shape index (κ3) is 6.43. The van der Waals surface area contributed by atoms with Crippen molar-refractivity contribution in [1.29, 1.82) is 0 Å². The average molecular weight is 458 g/mol. The second kappa shape index (κ2) is 10.6. The summed E-state index contributed by atoms with van der Waals surface area (Å²) in [5.74, 6) is 0.243. The van der Waals surface area contributed by atoms with E-state index in [1.807, 2.05) is 43.3 Å². The van der Waals surface area contributed by atoms with E-state index < -0.39 is 6.04 Å². The predicted molar refractivity (Wildman–Crippen MR) is 127 cm³/mol. The van der Waals surface area contributed by atoms with Gasteiger partial charge in [-0.05, 0) is 50.0 Å². The molecule has 0 aliphatic carbocycles. The molecule has 3 aromatic rings. The molecule has 0 spiro atoms. The number of benzene rings is 2. The molecule has 0 bridgehead atoms. The first kappa shape index (κ1) is 23.1. The number of nitrogens with one attached hydrogen (secondary N) is 2. The number of rotatable bonds is 8. The number of aromatic nitrogens is 1. The van der Waals surface area contributed by atoms with Crippen LogP contribution in [0.15, 0.2) is 59.4 Å². The number of aromatic amines is 1. The highest BCUT2D eigenvalue weighted by molar-refractivity contribution is 8.13. The van der Waals surface area contributed by atoms with Crippen LogP contribution in [-0.4, -0.2) is 53.3 Å². The van der Waals surface area contributed by atoms with Crippen molar-refractivity contribution in [2.75, 3.05) is 26.4 Å². The van der Waals surface area contributed by atoms with Crippen molar-refractivity contribution < 1.29 is 9.59 Å². The van der Waals surface area contributed by atoms with Crippen LogP contribution in [0.2, 0.25) is 5.02 Å². The second-order valence-corrected chi connectivity index (χ2v) is 8.95. The van der Waals surface area contributed by atoms with E-state index in [1.165, 1.54) is 17.8 Å². The molecule has 0 aliphatic heterocycles. The number of thioether (sulfide) groups is 1. The Kier molecular flexibility index (Phi) is 7.90. The summed E-state index contributed by atoms with van der Waals surface area (Å²) in [6.45, 7) is 0.738. The summed E-state index contributed by atoms with van der Waals surface area (Å²) in [7, 11) is 3.88. The van der Waals surface area contributed by atoms with Crippen LogP contribution in [-0.2, 0) is 11.2 Å². The van der Waals surface area contributed by atoms with Crippen molar-refractivity contribution in [2.45, 2.75) is 12.5 Å². The zero-order valence-corrected chi connectivity index (χ0v) is 18.9. The van der Waals surface area contributed by atoms with Crippen LogP contribution < -0.4 is 10.9 Å². The standard InChI is InChI=1S/C23H24ClN3O3S/c1-27(2)11-12-31-23(30)20(26-22(29)15-7-9-17(24)10-8-15)13-16-14-21(28)25-19-6-4-3-5-18(16)19/h3-10,14,20H,11-13H2,1-2H3,(H,25,28)(H,26,29). The summed E-state index contributed by atoms with van der Waals surface area (Å²) >= 11 is 7.09. The third-order valence-electron chi connectivity index (χ3n) is 4.74. The number of carbonyl (C=O) groups excluding carboxylic acids is 2. The lowest BCUT2D eigenvalue weighted by atomic mass is 10.0. The van der Waals surface area contributed by atoms with Gasteiger partial charge in [-0.2, -0.15) is 0 Å². The molecule has 31 heavy (non-hydrogen) atoms. The van der Waals surface area contributed by atoms with Gasteiger partial charge in [0.2, 0.25) is 10.7 Å². The fourth-order valence-corrected chi connectivity index (χ4v) is 4.26. The van der Waals surface area contributed by atoms with E-state index in [1.54, 1.807) is 24.3 Å². The number of halogens is 1. The second-order valence-electron chi connectivity index (χ2n) is 7.41. The van der Waals surface area contributed by atoms with E-state index in [9.17, 15) is 14.4 Å². The molecule has 0 fully saturated rings. The molecule has 1 atom stereocenters. The summed E-state index contributed by atoms with van der Waals surface area (Å²) in [6.07, 6.45) is 0.220.